The van der Waals surface area contributed by atoms with E-state index in [1.807, 2.05) is 0 Å². The fraction of sp³-hybridized carbons (Fsp3) is 1.00. The largest absolute Gasteiger partial charge is 0.416 e. The second kappa shape index (κ2) is 4.90. The maximum absolute atomic E-state index is 11.6. The molecule has 4 heteroatoms. The van der Waals surface area contributed by atoms with Crippen LogP contribution in [0.1, 0.15) is 40.5 Å². The minimum absolute atomic E-state index is 0.254. The van der Waals surface area contributed by atoms with Crippen LogP contribution in [0.2, 0.25) is 18.1 Å². The zero-order valence-electron chi connectivity index (χ0n) is 11.5. The molecule has 0 N–H and O–H groups in total. The molecule has 1 saturated heterocycles. The second-order valence-corrected chi connectivity index (χ2v) is 12.9. The summed E-state index contributed by atoms with van der Waals surface area (Å²) in [6, 6.07) is 0. The van der Waals surface area contributed by atoms with Crippen LogP contribution >= 0.6 is 0 Å². The number of hydrogen-bond donors (Lipinski definition) is 0. The van der Waals surface area contributed by atoms with Crippen molar-refractivity contribution in [2.24, 2.45) is 0 Å². The van der Waals surface area contributed by atoms with Gasteiger partial charge in [0.1, 0.15) is 0 Å². The van der Waals surface area contributed by atoms with E-state index in [4.69, 9.17) is 4.43 Å². The molecule has 3 atom stereocenters. The minimum atomic E-state index is -1.64. The van der Waals surface area contributed by atoms with Gasteiger partial charge in [-0.2, -0.15) is 0 Å². The minimum Gasteiger partial charge on any atom is -0.416 e. The van der Waals surface area contributed by atoms with Gasteiger partial charge in [-0.25, -0.2) is 0 Å². The molecule has 0 aliphatic carbocycles. The Morgan fingerprint density at radius 3 is 2.25 bits per heavy atom. The molecular weight excluding hydrogens is 236 g/mol. The molecular formula is C12H26O2SSi. The van der Waals surface area contributed by atoms with Gasteiger partial charge in [0, 0.05) is 17.4 Å². The van der Waals surface area contributed by atoms with E-state index in [0.717, 1.165) is 12.8 Å². The van der Waals surface area contributed by atoms with E-state index in [1.165, 1.54) is 0 Å². The predicted octanol–water partition coefficient (Wildman–Crippen LogP) is 3.31. The summed E-state index contributed by atoms with van der Waals surface area (Å²) in [7, 11) is -2.25. The molecule has 96 valence electrons. The van der Waals surface area contributed by atoms with Gasteiger partial charge >= 0.3 is 0 Å². The lowest BCUT2D eigenvalue weighted by Crippen LogP contribution is -2.41. The maximum atomic E-state index is 11.6. The van der Waals surface area contributed by atoms with Gasteiger partial charge in [-0.15, -0.1) is 0 Å². The number of rotatable bonds is 5. The summed E-state index contributed by atoms with van der Waals surface area (Å²) in [6.07, 6.45) is 2.23. The molecule has 0 aromatic heterocycles. The zero-order chi connectivity index (χ0) is 12.6. The summed E-state index contributed by atoms with van der Waals surface area (Å²) < 4.78 is 17.7. The highest BCUT2D eigenvalue weighted by atomic mass is 32.2. The Morgan fingerprint density at radius 2 is 1.81 bits per heavy atom. The van der Waals surface area contributed by atoms with Gasteiger partial charge in [0.05, 0.1) is 10.5 Å². The summed E-state index contributed by atoms with van der Waals surface area (Å²) in [6.45, 7) is 14.1. The van der Waals surface area contributed by atoms with E-state index in [0.29, 0.717) is 17.1 Å². The maximum Gasteiger partial charge on any atom is 0.192 e. The van der Waals surface area contributed by atoms with Crippen molar-refractivity contribution in [2.45, 2.75) is 69.2 Å². The summed E-state index contributed by atoms with van der Waals surface area (Å²) >= 11 is 0. The topological polar surface area (TPSA) is 26.3 Å². The lowest BCUT2D eigenvalue weighted by atomic mass is 10.2. The van der Waals surface area contributed by atoms with Gasteiger partial charge in [-0.05, 0) is 24.6 Å². The van der Waals surface area contributed by atoms with E-state index in [9.17, 15) is 4.21 Å². The summed E-state index contributed by atoms with van der Waals surface area (Å²) in [4.78, 5) is 0. The number of hydrogen-bond acceptors (Lipinski definition) is 2. The molecule has 1 unspecified atom stereocenters. The van der Waals surface area contributed by atoms with E-state index >= 15 is 0 Å². The molecule has 1 rings (SSSR count). The normalized spacial score (nSPS) is 30.5. The standard InChI is InChI=1S/C12H26O2SSi/c1-7-8-10-11(15(10)13)9-14-16(5,6)12(2,3)4/h10-11H,7-9H2,1-6H3/t10-,11+,15?/m0/s1. The van der Waals surface area contributed by atoms with Crippen molar-refractivity contribution in [3.8, 4) is 0 Å². The van der Waals surface area contributed by atoms with Gasteiger partial charge in [0.25, 0.3) is 0 Å². The van der Waals surface area contributed by atoms with E-state index < -0.39 is 19.1 Å². The SMILES string of the molecule is CCC[C@H]1[C@@H](CO[Si](C)(C)C(C)(C)C)S1=O. The van der Waals surface area contributed by atoms with Crippen molar-refractivity contribution < 1.29 is 8.63 Å². The smallest absolute Gasteiger partial charge is 0.192 e. The molecule has 2 nitrogen and oxygen atoms in total. The van der Waals surface area contributed by atoms with Crippen LogP contribution in [-0.4, -0.2) is 29.6 Å². The quantitative estimate of drug-likeness (QED) is 0.561. The van der Waals surface area contributed by atoms with Gasteiger partial charge in [0.15, 0.2) is 8.32 Å². The average molecular weight is 262 g/mol. The van der Waals surface area contributed by atoms with Crippen molar-refractivity contribution >= 4 is 19.1 Å². The van der Waals surface area contributed by atoms with Crippen LogP contribution in [0.5, 0.6) is 0 Å². The van der Waals surface area contributed by atoms with Crippen LogP contribution < -0.4 is 0 Å². The van der Waals surface area contributed by atoms with Crippen molar-refractivity contribution in [3.05, 3.63) is 0 Å². The second-order valence-electron chi connectivity index (χ2n) is 6.27. The molecule has 1 aliphatic heterocycles. The first-order valence-corrected chi connectivity index (χ1v) is 10.4. The molecule has 0 aromatic rings. The average Bonchev–Trinajstić information content (AvgIpc) is 2.72. The van der Waals surface area contributed by atoms with Gasteiger partial charge in [0.2, 0.25) is 0 Å². The monoisotopic (exact) mass is 262 g/mol. The van der Waals surface area contributed by atoms with Crippen LogP contribution in [0.3, 0.4) is 0 Å². The van der Waals surface area contributed by atoms with Crippen molar-refractivity contribution in [3.63, 3.8) is 0 Å². The van der Waals surface area contributed by atoms with E-state index in [1.54, 1.807) is 0 Å². The Bertz CT molecular complexity index is 271. The Labute approximate surface area is 104 Å². The fourth-order valence-corrected chi connectivity index (χ4v) is 4.28. The van der Waals surface area contributed by atoms with Gasteiger partial charge in [-0.1, -0.05) is 34.1 Å². The van der Waals surface area contributed by atoms with Crippen LogP contribution in [0.15, 0.2) is 0 Å². The molecule has 1 aliphatic rings. The molecule has 1 fully saturated rings. The first-order valence-electron chi connectivity index (χ1n) is 6.24. The van der Waals surface area contributed by atoms with Crippen LogP contribution in [0.4, 0.5) is 0 Å². The van der Waals surface area contributed by atoms with Crippen LogP contribution in [-0.2, 0) is 15.2 Å². The third-order valence-corrected chi connectivity index (χ3v) is 10.3. The van der Waals surface area contributed by atoms with Gasteiger partial charge < -0.3 is 4.43 Å². The lowest BCUT2D eigenvalue weighted by molar-refractivity contribution is 0.293. The fourth-order valence-electron chi connectivity index (χ4n) is 1.55. The van der Waals surface area contributed by atoms with Gasteiger partial charge in [-0.3, -0.25) is 4.21 Å². The molecule has 1 heterocycles. The molecule has 0 spiro atoms. The Kier molecular flexibility index (Phi) is 4.41. The Hall–Kier alpha value is 0.327. The van der Waals surface area contributed by atoms with Crippen LogP contribution in [0.25, 0.3) is 0 Å². The molecule has 0 saturated carbocycles. The highest BCUT2D eigenvalue weighted by Crippen LogP contribution is 2.39. The van der Waals surface area contributed by atoms with E-state index in [-0.39, 0.29) is 5.04 Å². The molecule has 0 bridgehead atoms. The molecule has 16 heavy (non-hydrogen) atoms. The molecule has 0 radical (unpaired) electrons. The molecule has 0 amide bonds. The Balaban J connectivity index is 2.39. The van der Waals surface area contributed by atoms with Crippen molar-refractivity contribution in [1.82, 2.24) is 0 Å². The third kappa shape index (κ3) is 3.17. The third-order valence-electron chi connectivity index (χ3n) is 3.92. The predicted molar refractivity (Wildman–Crippen MR) is 73.8 cm³/mol. The zero-order valence-corrected chi connectivity index (χ0v) is 13.3. The van der Waals surface area contributed by atoms with Crippen molar-refractivity contribution in [2.75, 3.05) is 6.61 Å². The van der Waals surface area contributed by atoms with E-state index in [2.05, 4.69) is 40.8 Å². The lowest BCUT2D eigenvalue weighted by Gasteiger charge is -2.36. The first-order chi connectivity index (χ1) is 7.20. The molecule has 0 aromatic carbocycles. The highest BCUT2D eigenvalue weighted by molar-refractivity contribution is 7.93. The summed E-state index contributed by atoms with van der Waals surface area (Å²) in [5.74, 6) is 0. The van der Waals surface area contributed by atoms with Crippen molar-refractivity contribution in [1.29, 1.82) is 0 Å². The highest BCUT2D eigenvalue weighted by Gasteiger charge is 2.48. The Morgan fingerprint density at radius 1 is 1.25 bits per heavy atom. The van der Waals surface area contributed by atoms with Crippen LogP contribution in [0, 0.1) is 0 Å². The first kappa shape index (κ1) is 14.4. The summed E-state index contributed by atoms with van der Waals surface area (Å²) in [5, 5.41) is 1.01. The summed E-state index contributed by atoms with van der Waals surface area (Å²) in [5.41, 5.74) is 0.